The number of thiazole rings is 1. The highest BCUT2D eigenvalue weighted by atomic mass is 35.5. The van der Waals surface area contributed by atoms with Crippen LogP contribution in [0.25, 0.3) is 20.8 Å². The number of nitrogens with one attached hydrogen (secondary N) is 1. The molecule has 2 aliphatic rings. The van der Waals surface area contributed by atoms with Crippen LogP contribution in [-0.4, -0.2) is 66.9 Å². The first-order chi connectivity index (χ1) is 19.2. The summed E-state index contributed by atoms with van der Waals surface area (Å²) in [5, 5.41) is 4.85. The zero-order valence-electron chi connectivity index (χ0n) is 23.1. The lowest BCUT2D eigenvalue weighted by Crippen LogP contribution is -2.48. The van der Waals surface area contributed by atoms with Crippen LogP contribution in [0.4, 0.5) is 5.00 Å². The van der Waals surface area contributed by atoms with E-state index >= 15 is 0 Å². The Morgan fingerprint density at radius 3 is 2.46 bits per heavy atom. The SMILES string of the molecule is CCN1CCc2c(sc(NC(=O)c3ccc(S(=O)(=O)N4CC(C)OC(C)C4)cc3)c2-c2nc3ccccc3s2)C1.Cl. The molecule has 1 amide bonds. The molecule has 0 aliphatic carbocycles. The Bertz CT molecular complexity index is 1630. The highest BCUT2D eigenvalue weighted by Gasteiger charge is 2.32. The first-order valence-corrected chi connectivity index (χ1v) is 16.6. The number of carbonyl (C=O) groups excluding carboxylic acids is 1. The molecule has 0 spiro atoms. The number of sulfonamides is 1. The summed E-state index contributed by atoms with van der Waals surface area (Å²) in [6.45, 7) is 9.33. The van der Waals surface area contributed by atoms with E-state index in [1.165, 1.54) is 26.9 Å². The number of carbonyl (C=O) groups is 1. The van der Waals surface area contributed by atoms with Crippen molar-refractivity contribution in [1.29, 1.82) is 0 Å². The molecule has 41 heavy (non-hydrogen) atoms. The Balaban J connectivity index is 0.00000337. The van der Waals surface area contributed by atoms with Gasteiger partial charge in [-0.25, -0.2) is 13.4 Å². The molecule has 4 heterocycles. The fraction of sp³-hybridized carbons (Fsp3) is 0.379. The molecule has 0 saturated carbocycles. The number of morpholine rings is 1. The number of thiophene rings is 1. The van der Waals surface area contributed by atoms with Crippen molar-refractivity contribution in [1.82, 2.24) is 14.2 Å². The second-order valence-corrected chi connectivity index (χ2v) is 14.4. The van der Waals surface area contributed by atoms with Gasteiger partial charge in [0.05, 0.1) is 27.3 Å². The average molecular weight is 633 g/mol. The lowest BCUT2D eigenvalue weighted by molar-refractivity contribution is -0.0440. The number of benzene rings is 2. The van der Waals surface area contributed by atoms with Gasteiger partial charge in [-0.15, -0.1) is 35.1 Å². The van der Waals surface area contributed by atoms with Crippen LogP contribution < -0.4 is 5.32 Å². The number of halogens is 1. The van der Waals surface area contributed by atoms with Crippen LogP contribution in [0.5, 0.6) is 0 Å². The van der Waals surface area contributed by atoms with Crippen molar-refractivity contribution in [2.24, 2.45) is 0 Å². The Morgan fingerprint density at radius 2 is 1.78 bits per heavy atom. The van der Waals surface area contributed by atoms with Crippen LogP contribution in [0.1, 0.15) is 41.6 Å². The Labute approximate surface area is 254 Å². The average Bonchev–Trinajstić information content (AvgIpc) is 3.52. The van der Waals surface area contributed by atoms with Gasteiger partial charge in [0.2, 0.25) is 10.0 Å². The van der Waals surface area contributed by atoms with Gasteiger partial charge >= 0.3 is 0 Å². The van der Waals surface area contributed by atoms with Gasteiger partial charge in [-0.3, -0.25) is 9.69 Å². The largest absolute Gasteiger partial charge is 0.373 e. The number of hydrogen-bond acceptors (Lipinski definition) is 8. The molecule has 4 aromatic rings. The molecular weight excluding hydrogens is 600 g/mol. The van der Waals surface area contributed by atoms with Gasteiger partial charge in [-0.05, 0) is 68.8 Å². The normalized spacial score (nSPS) is 20.0. The summed E-state index contributed by atoms with van der Waals surface area (Å²) in [6.07, 6.45) is 0.565. The molecule has 2 unspecified atom stereocenters. The van der Waals surface area contributed by atoms with Crippen molar-refractivity contribution in [3.8, 4) is 10.6 Å². The van der Waals surface area contributed by atoms with Crippen LogP contribution in [0.3, 0.4) is 0 Å². The summed E-state index contributed by atoms with van der Waals surface area (Å²) < 4.78 is 34.8. The van der Waals surface area contributed by atoms with E-state index in [0.717, 1.165) is 51.8 Å². The van der Waals surface area contributed by atoms with Gasteiger partial charge in [0.15, 0.2) is 0 Å². The van der Waals surface area contributed by atoms with Crippen LogP contribution in [0, 0.1) is 0 Å². The van der Waals surface area contributed by atoms with Crippen molar-refractivity contribution < 1.29 is 17.9 Å². The lowest BCUT2D eigenvalue weighted by atomic mass is 10.0. The van der Waals surface area contributed by atoms with Crippen molar-refractivity contribution in [3.63, 3.8) is 0 Å². The van der Waals surface area contributed by atoms with Gasteiger partial charge in [-0.1, -0.05) is 19.1 Å². The van der Waals surface area contributed by atoms with Crippen LogP contribution >= 0.6 is 35.1 Å². The Kier molecular flexibility index (Phi) is 8.87. The van der Waals surface area contributed by atoms with Crippen molar-refractivity contribution >= 4 is 66.2 Å². The fourth-order valence-electron chi connectivity index (χ4n) is 5.45. The topological polar surface area (TPSA) is 91.8 Å². The molecule has 8 nitrogen and oxygen atoms in total. The lowest BCUT2D eigenvalue weighted by Gasteiger charge is -2.34. The molecule has 218 valence electrons. The summed E-state index contributed by atoms with van der Waals surface area (Å²) in [5.74, 6) is -0.272. The molecule has 1 fully saturated rings. The molecule has 1 N–H and O–H groups in total. The smallest absolute Gasteiger partial charge is 0.256 e. The molecule has 2 atom stereocenters. The van der Waals surface area contributed by atoms with Crippen LogP contribution in [0.2, 0.25) is 0 Å². The zero-order chi connectivity index (χ0) is 28.0. The molecule has 2 aromatic carbocycles. The maximum absolute atomic E-state index is 13.4. The van der Waals surface area contributed by atoms with E-state index < -0.39 is 10.0 Å². The number of para-hydroxylation sites is 1. The molecule has 1 saturated heterocycles. The van der Waals surface area contributed by atoms with Gasteiger partial charge in [0.25, 0.3) is 5.91 Å². The molecular formula is C29H33ClN4O4S3. The minimum absolute atomic E-state index is 0. The number of ether oxygens (including phenoxy) is 1. The van der Waals surface area contributed by atoms with E-state index in [1.807, 2.05) is 32.0 Å². The number of amides is 1. The first-order valence-electron chi connectivity index (χ1n) is 13.5. The van der Waals surface area contributed by atoms with E-state index in [9.17, 15) is 13.2 Å². The monoisotopic (exact) mass is 632 g/mol. The minimum Gasteiger partial charge on any atom is -0.373 e. The van der Waals surface area contributed by atoms with E-state index in [4.69, 9.17) is 9.72 Å². The van der Waals surface area contributed by atoms with E-state index in [1.54, 1.807) is 34.8 Å². The number of aromatic nitrogens is 1. The van der Waals surface area contributed by atoms with Crippen molar-refractivity contribution in [2.45, 2.75) is 50.8 Å². The van der Waals surface area contributed by atoms with E-state index in [2.05, 4.69) is 23.2 Å². The third kappa shape index (κ3) is 5.94. The van der Waals surface area contributed by atoms with Crippen LogP contribution in [0.15, 0.2) is 53.4 Å². The summed E-state index contributed by atoms with van der Waals surface area (Å²) in [5.41, 5.74) is 3.63. The second kappa shape index (κ2) is 12.1. The second-order valence-electron chi connectivity index (χ2n) is 10.4. The number of rotatable bonds is 6. The Hall–Kier alpha value is -2.38. The quantitative estimate of drug-likeness (QED) is 0.286. The number of nitrogens with zero attached hydrogens (tertiary/aromatic N) is 3. The maximum Gasteiger partial charge on any atom is 0.256 e. The zero-order valence-corrected chi connectivity index (χ0v) is 26.4. The highest BCUT2D eigenvalue weighted by molar-refractivity contribution is 7.89. The van der Waals surface area contributed by atoms with Crippen molar-refractivity contribution in [3.05, 3.63) is 64.5 Å². The standard InChI is InChI=1S/C29H32N4O4S3.ClH/c1-4-32-14-13-22-25(17-32)39-29(26(22)28-30-23-7-5-6-8-24(23)38-28)31-27(34)20-9-11-21(12-10-20)40(35,36)33-15-18(2)37-19(3)16-33;/h5-12,18-19H,4,13-17H2,1-3H3,(H,31,34);1H. The molecule has 2 aliphatic heterocycles. The number of fused-ring (bicyclic) bond motifs is 2. The Morgan fingerprint density at radius 1 is 1.07 bits per heavy atom. The van der Waals surface area contributed by atoms with Crippen LogP contribution in [-0.2, 0) is 27.7 Å². The first kappa shape index (κ1) is 30.1. The predicted molar refractivity (Wildman–Crippen MR) is 168 cm³/mol. The summed E-state index contributed by atoms with van der Waals surface area (Å²) >= 11 is 3.25. The van der Waals surface area contributed by atoms with Gasteiger partial charge in [-0.2, -0.15) is 4.31 Å². The summed E-state index contributed by atoms with van der Waals surface area (Å²) in [6, 6.07) is 14.3. The molecule has 0 radical (unpaired) electrons. The number of likely N-dealkylation sites (N-methyl/N-ethyl adjacent to an activating group) is 1. The highest BCUT2D eigenvalue weighted by Crippen LogP contribution is 2.45. The van der Waals surface area contributed by atoms with E-state index in [-0.39, 0.29) is 35.4 Å². The number of hydrogen-bond donors (Lipinski definition) is 1. The van der Waals surface area contributed by atoms with E-state index in [0.29, 0.717) is 18.7 Å². The van der Waals surface area contributed by atoms with Crippen molar-refractivity contribution in [2.75, 3.05) is 31.5 Å². The molecule has 6 rings (SSSR count). The maximum atomic E-state index is 13.4. The summed E-state index contributed by atoms with van der Waals surface area (Å²) in [7, 11) is -3.68. The minimum atomic E-state index is -3.68. The number of anilines is 1. The molecule has 2 aromatic heterocycles. The third-order valence-electron chi connectivity index (χ3n) is 7.46. The third-order valence-corrected chi connectivity index (χ3v) is 11.5. The fourth-order valence-corrected chi connectivity index (χ4v) is 9.44. The molecule has 12 heteroatoms. The van der Waals surface area contributed by atoms with Gasteiger partial charge < -0.3 is 10.1 Å². The van der Waals surface area contributed by atoms with Gasteiger partial charge in [0.1, 0.15) is 10.0 Å². The molecule has 0 bridgehead atoms. The van der Waals surface area contributed by atoms with Gasteiger partial charge in [0, 0.05) is 42.2 Å². The predicted octanol–water partition coefficient (Wildman–Crippen LogP) is 5.87. The summed E-state index contributed by atoms with van der Waals surface area (Å²) in [4.78, 5) is 22.2.